The van der Waals surface area contributed by atoms with Crippen LogP contribution in [0.5, 0.6) is 5.75 Å². The van der Waals surface area contributed by atoms with E-state index < -0.39 is 27.7 Å². The van der Waals surface area contributed by atoms with Crippen molar-refractivity contribution in [3.63, 3.8) is 0 Å². The van der Waals surface area contributed by atoms with Crippen LogP contribution in [0.25, 0.3) is 0 Å². The fraction of sp³-hybridized carbons (Fsp3) is 0.350. The van der Waals surface area contributed by atoms with Crippen molar-refractivity contribution in [1.82, 2.24) is 4.31 Å². The van der Waals surface area contributed by atoms with Crippen LogP contribution in [-0.2, 0) is 21.0 Å². The van der Waals surface area contributed by atoms with Gasteiger partial charge in [-0.2, -0.15) is 17.5 Å². The average molecular weight is 442 g/mol. The first-order valence-corrected chi connectivity index (χ1v) is 10.7. The molecular formula is C20H21F3N2O4S. The van der Waals surface area contributed by atoms with Crippen molar-refractivity contribution < 1.29 is 31.1 Å². The van der Waals surface area contributed by atoms with E-state index in [2.05, 4.69) is 5.32 Å². The van der Waals surface area contributed by atoms with Crippen molar-refractivity contribution in [3.05, 3.63) is 53.6 Å². The van der Waals surface area contributed by atoms with Crippen LogP contribution in [0, 0.1) is 6.92 Å². The fourth-order valence-electron chi connectivity index (χ4n) is 3.10. The van der Waals surface area contributed by atoms with E-state index in [1.54, 1.807) is 6.92 Å². The van der Waals surface area contributed by atoms with Crippen LogP contribution in [0.15, 0.2) is 47.4 Å². The minimum absolute atomic E-state index is 0.170. The van der Waals surface area contributed by atoms with Gasteiger partial charge in [-0.3, -0.25) is 4.79 Å². The van der Waals surface area contributed by atoms with Gasteiger partial charge in [0.25, 0.3) is 5.91 Å². The lowest BCUT2D eigenvalue weighted by Gasteiger charge is -2.17. The lowest BCUT2D eigenvalue weighted by molar-refractivity contribution is -0.137. The Morgan fingerprint density at radius 2 is 1.73 bits per heavy atom. The number of carbonyl (C=O) groups is 1. The second-order valence-corrected chi connectivity index (χ2v) is 8.89. The Morgan fingerprint density at radius 3 is 2.30 bits per heavy atom. The molecule has 10 heteroatoms. The van der Waals surface area contributed by atoms with Crippen molar-refractivity contribution in [1.29, 1.82) is 0 Å². The molecule has 2 aromatic rings. The number of alkyl halides is 3. The normalized spacial score (nSPS) is 15.2. The largest absolute Gasteiger partial charge is 0.483 e. The number of hydrogen-bond acceptors (Lipinski definition) is 4. The molecule has 1 aliphatic rings. The maximum atomic E-state index is 12.6. The number of halogens is 3. The van der Waals surface area contributed by atoms with Crippen molar-refractivity contribution in [2.45, 2.75) is 30.8 Å². The number of rotatable bonds is 6. The van der Waals surface area contributed by atoms with Gasteiger partial charge in [0.2, 0.25) is 10.0 Å². The maximum Gasteiger partial charge on any atom is 0.416 e. The number of anilines is 1. The van der Waals surface area contributed by atoms with E-state index in [0.29, 0.717) is 24.4 Å². The first-order valence-electron chi connectivity index (χ1n) is 9.28. The van der Waals surface area contributed by atoms with Gasteiger partial charge >= 0.3 is 6.18 Å². The van der Waals surface area contributed by atoms with Crippen LogP contribution >= 0.6 is 0 Å². The second-order valence-electron chi connectivity index (χ2n) is 6.95. The predicted molar refractivity (Wildman–Crippen MR) is 105 cm³/mol. The second kappa shape index (κ2) is 8.65. The molecule has 0 aromatic heterocycles. The summed E-state index contributed by atoms with van der Waals surface area (Å²) in [4.78, 5) is 12.2. The quantitative estimate of drug-likeness (QED) is 0.738. The van der Waals surface area contributed by atoms with Crippen LogP contribution in [0.3, 0.4) is 0 Å². The van der Waals surface area contributed by atoms with Crippen molar-refractivity contribution in [2.75, 3.05) is 25.0 Å². The summed E-state index contributed by atoms with van der Waals surface area (Å²) in [7, 11) is -3.55. The third kappa shape index (κ3) is 5.11. The molecule has 2 aromatic carbocycles. The summed E-state index contributed by atoms with van der Waals surface area (Å²) in [5, 5.41) is 2.45. The molecule has 30 heavy (non-hydrogen) atoms. The first-order chi connectivity index (χ1) is 14.1. The molecule has 1 aliphatic heterocycles. The topological polar surface area (TPSA) is 75.7 Å². The highest BCUT2D eigenvalue weighted by Gasteiger charge is 2.30. The van der Waals surface area contributed by atoms with E-state index in [-0.39, 0.29) is 17.2 Å². The SMILES string of the molecule is Cc1cc(S(=O)(=O)N2CCCC2)ccc1OCC(=O)Nc1ccc(C(F)(F)F)cc1. The molecule has 1 amide bonds. The maximum absolute atomic E-state index is 12.6. The highest BCUT2D eigenvalue weighted by Crippen LogP contribution is 2.30. The standard InChI is InChI=1S/C20H21F3N2O4S/c1-14-12-17(30(27,28)25-10-2-3-11-25)8-9-18(14)29-13-19(26)24-16-6-4-15(5-7-16)20(21,22)23/h4-9,12H,2-3,10-11,13H2,1H3,(H,24,26). The zero-order valence-corrected chi connectivity index (χ0v) is 17.0. The molecule has 0 bridgehead atoms. The monoisotopic (exact) mass is 442 g/mol. The van der Waals surface area contributed by atoms with Gasteiger partial charge in [-0.1, -0.05) is 0 Å². The van der Waals surface area contributed by atoms with Gasteiger partial charge in [-0.05, 0) is 67.8 Å². The number of sulfonamides is 1. The molecule has 1 fully saturated rings. The molecular weight excluding hydrogens is 421 g/mol. The Bertz CT molecular complexity index is 1020. The van der Waals surface area contributed by atoms with E-state index in [0.717, 1.165) is 37.1 Å². The van der Waals surface area contributed by atoms with Crippen molar-refractivity contribution in [2.24, 2.45) is 0 Å². The molecule has 162 valence electrons. The molecule has 0 radical (unpaired) electrons. The Hall–Kier alpha value is -2.59. The van der Waals surface area contributed by atoms with Gasteiger partial charge in [0.1, 0.15) is 5.75 Å². The third-order valence-electron chi connectivity index (χ3n) is 4.70. The molecule has 0 unspecified atom stereocenters. The zero-order valence-electron chi connectivity index (χ0n) is 16.2. The van der Waals surface area contributed by atoms with E-state index >= 15 is 0 Å². The first kappa shape index (κ1) is 22.1. The van der Waals surface area contributed by atoms with Crippen LogP contribution in [0.2, 0.25) is 0 Å². The average Bonchev–Trinajstić information content (AvgIpc) is 3.22. The highest BCUT2D eigenvalue weighted by molar-refractivity contribution is 7.89. The number of nitrogens with one attached hydrogen (secondary N) is 1. The smallest absolute Gasteiger partial charge is 0.416 e. The molecule has 1 saturated heterocycles. The van der Waals surface area contributed by atoms with Crippen molar-refractivity contribution in [3.8, 4) is 5.75 Å². The Kier molecular flexibility index (Phi) is 6.37. The number of amides is 1. The minimum atomic E-state index is -4.45. The van der Waals surface area contributed by atoms with Crippen LogP contribution < -0.4 is 10.1 Å². The number of carbonyl (C=O) groups excluding carboxylic acids is 1. The van der Waals surface area contributed by atoms with E-state index in [4.69, 9.17) is 4.74 Å². The summed E-state index contributed by atoms with van der Waals surface area (Å²) in [6.45, 7) is 2.31. The Labute approximate surface area is 172 Å². The number of ether oxygens (including phenoxy) is 1. The molecule has 0 atom stereocenters. The molecule has 0 spiro atoms. The van der Waals surface area contributed by atoms with Gasteiger partial charge in [0.15, 0.2) is 6.61 Å². The third-order valence-corrected chi connectivity index (χ3v) is 6.60. The van der Waals surface area contributed by atoms with Crippen molar-refractivity contribution >= 4 is 21.6 Å². The summed E-state index contributed by atoms with van der Waals surface area (Å²) in [5.41, 5.74) is -0.0469. The van der Waals surface area contributed by atoms with Crippen LogP contribution in [-0.4, -0.2) is 38.3 Å². The molecule has 3 rings (SSSR count). The summed E-state index contributed by atoms with van der Waals surface area (Å²) >= 11 is 0. The lowest BCUT2D eigenvalue weighted by atomic mass is 10.2. The molecule has 6 nitrogen and oxygen atoms in total. The predicted octanol–water partition coefficient (Wildman–Crippen LogP) is 3.82. The molecule has 0 aliphatic carbocycles. The Morgan fingerprint density at radius 1 is 1.10 bits per heavy atom. The van der Waals surface area contributed by atoms with Gasteiger partial charge in [0, 0.05) is 18.8 Å². The molecule has 1 heterocycles. The number of aryl methyl sites for hydroxylation is 1. The van der Waals surface area contributed by atoms with Gasteiger partial charge in [-0.15, -0.1) is 0 Å². The Balaban J connectivity index is 1.59. The van der Waals surface area contributed by atoms with E-state index in [1.807, 2.05) is 0 Å². The number of benzene rings is 2. The summed E-state index contributed by atoms with van der Waals surface area (Å²) in [5.74, 6) is -0.208. The molecule has 0 saturated carbocycles. The van der Waals surface area contributed by atoms with E-state index in [1.165, 1.54) is 22.5 Å². The summed E-state index contributed by atoms with van der Waals surface area (Å²) in [6, 6.07) is 8.48. The minimum Gasteiger partial charge on any atom is -0.483 e. The van der Waals surface area contributed by atoms with Gasteiger partial charge < -0.3 is 10.1 Å². The van der Waals surface area contributed by atoms with Crippen LogP contribution in [0.4, 0.5) is 18.9 Å². The summed E-state index contributed by atoms with van der Waals surface area (Å²) in [6.07, 6.45) is -2.77. The summed E-state index contributed by atoms with van der Waals surface area (Å²) < 4.78 is 69.8. The highest BCUT2D eigenvalue weighted by atomic mass is 32.2. The lowest BCUT2D eigenvalue weighted by Crippen LogP contribution is -2.27. The van der Waals surface area contributed by atoms with E-state index in [9.17, 15) is 26.4 Å². The van der Waals surface area contributed by atoms with Gasteiger partial charge in [0.05, 0.1) is 10.5 Å². The molecule has 1 N–H and O–H groups in total. The fourth-order valence-corrected chi connectivity index (χ4v) is 4.71. The van der Waals surface area contributed by atoms with Crippen LogP contribution in [0.1, 0.15) is 24.0 Å². The van der Waals surface area contributed by atoms with Gasteiger partial charge in [-0.25, -0.2) is 8.42 Å². The zero-order chi connectivity index (χ0) is 21.9. The number of nitrogens with zero attached hydrogens (tertiary/aromatic N) is 1. The number of hydrogen-bond donors (Lipinski definition) is 1.